The molecule has 0 saturated carbocycles. The predicted molar refractivity (Wildman–Crippen MR) is 66.8 cm³/mol. The highest BCUT2D eigenvalue weighted by Gasteiger charge is 2.13. The third-order valence-electron chi connectivity index (χ3n) is 2.58. The molecule has 2 N–H and O–H groups in total. The zero-order chi connectivity index (χ0) is 12.8. The van der Waals surface area contributed by atoms with Crippen molar-refractivity contribution in [3.63, 3.8) is 0 Å². The minimum atomic E-state index is -0.568. The van der Waals surface area contributed by atoms with Gasteiger partial charge in [-0.25, -0.2) is 4.98 Å². The Labute approximate surface area is 101 Å². The van der Waals surface area contributed by atoms with Gasteiger partial charge in [0.2, 0.25) is 5.91 Å². The number of anilines is 1. The van der Waals surface area contributed by atoms with Crippen molar-refractivity contribution in [1.82, 2.24) is 10.3 Å². The molecule has 1 rings (SSSR count). The predicted octanol–water partition coefficient (Wildman–Crippen LogP) is 0.707. The molecule has 0 aliphatic rings. The molecule has 1 aromatic heterocycles. The molecule has 0 unspecified atom stereocenters. The molecular weight excluding hydrogens is 218 g/mol. The van der Waals surface area contributed by atoms with Gasteiger partial charge in [0.05, 0.1) is 6.10 Å². The van der Waals surface area contributed by atoms with Crippen molar-refractivity contribution in [2.75, 3.05) is 25.5 Å². The van der Waals surface area contributed by atoms with E-state index in [2.05, 4.69) is 10.3 Å². The molecule has 0 aliphatic carbocycles. The summed E-state index contributed by atoms with van der Waals surface area (Å²) in [5.74, 6) is 0.706. The third kappa shape index (κ3) is 3.71. The number of nitrogens with zero attached hydrogens (tertiary/aromatic N) is 2. The Morgan fingerprint density at radius 2 is 2.35 bits per heavy atom. The Bertz CT molecular complexity index is 380. The fourth-order valence-electron chi connectivity index (χ4n) is 1.55. The molecule has 0 fully saturated rings. The first-order valence-corrected chi connectivity index (χ1v) is 5.61. The van der Waals surface area contributed by atoms with Gasteiger partial charge < -0.3 is 15.3 Å². The Hall–Kier alpha value is -1.62. The number of pyridine rings is 1. The van der Waals surface area contributed by atoms with Crippen LogP contribution in [0.15, 0.2) is 18.3 Å². The van der Waals surface area contributed by atoms with E-state index >= 15 is 0 Å². The summed E-state index contributed by atoms with van der Waals surface area (Å²) >= 11 is 0. The lowest BCUT2D eigenvalue weighted by Gasteiger charge is -2.21. The van der Waals surface area contributed by atoms with Crippen LogP contribution in [0.2, 0.25) is 0 Å². The van der Waals surface area contributed by atoms with E-state index in [1.807, 2.05) is 18.0 Å². The molecule has 0 aromatic carbocycles. The number of rotatable bonds is 5. The number of nitrogens with one attached hydrogen (secondary N) is 1. The molecular formula is C12H19N3O2. The standard InChI is InChI=1S/C12H19N3O2/c1-9(16)10-5-4-7-14-12(10)15(3)8-6-11(17)13-2/h4-5,7,9,16H,6,8H2,1-3H3,(H,13,17)/t9-/m0/s1. The van der Waals surface area contributed by atoms with Crippen LogP contribution >= 0.6 is 0 Å². The second kappa shape index (κ2) is 6.20. The van der Waals surface area contributed by atoms with E-state index < -0.39 is 6.10 Å². The highest BCUT2D eigenvalue weighted by molar-refractivity contribution is 5.76. The van der Waals surface area contributed by atoms with Crippen LogP contribution in [0.5, 0.6) is 0 Å². The summed E-state index contributed by atoms with van der Waals surface area (Å²) in [4.78, 5) is 17.3. The molecule has 1 aromatic rings. The first-order valence-electron chi connectivity index (χ1n) is 5.61. The molecule has 5 nitrogen and oxygen atoms in total. The molecule has 0 aliphatic heterocycles. The highest BCUT2D eigenvalue weighted by atomic mass is 16.3. The van der Waals surface area contributed by atoms with Crippen LogP contribution < -0.4 is 10.2 Å². The lowest BCUT2D eigenvalue weighted by Crippen LogP contribution is -2.27. The quantitative estimate of drug-likeness (QED) is 0.791. The lowest BCUT2D eigenvalue weighted by molar-refractivity contribution is -0.120. The summed E-state index contributed by atoms with van der Waals surface area (Å²) in [5, 5.41) is 12.2. The van der Waals surface area contributed by atoms with Crippen molar-refractivity contribution >= 4 is 11.7 Å². The summed E-state index contributed by atoms with van der Waals surface area (Å²) < 4.78 is 0. The van der Waals surface area contributed by atoms with E-state index in [-0.39, 0.29) is 5.91 Å². The first-order chi connectivity index (χ1) is 8.06. The van der Waals surface area contributed by atoms with Crippen LogP contribution in [0.1, 0.15) is 25.0 Å². The van der Waals surface area contributed by atoms with E-state index in [1.165, 1.54) is 0 Å². The van der Waals surface area contributed by atoms with Gasteiger partial charge in [-0.05, 0) is 13.0 Å². The topological polar surface area (TPSA) is 65.5 Å². The van der Waals surface area contributed by atoms with Gasteiger partial charge in [0.1, 0.15) is 5.82 Å². The second-order valence-corrected chi connectivity index (χ2v) is 3.94. The van der Waals surface area contributed by atoms with Crippen molar-refractivity contribution in [3.05, 3.63) is 23.9 Å². The minimum Gasteiger partial charge on any atom is -0.389 e. The van der Waals surface area contributed by atoms with Crippen LogP contribution in [0, 0.1) is 0 Å². The Balaban J connectivity index is 2.74. The van der Waals surface area contributed by atoms with E-state index in [1.54, 1.807) is 26.2 Å². The average Bonchev–Trinajstić information content (AvgIpc) is 2.35. The number of carbonyl (C=O) groups is 1. The van der Waals surface area contributed by atoms with E-state index in [9.17, 15) is 9.90 Å². The summed E-state index contributed by atoms with van der Waals surface area (Å²) in [7, 11) is 3.47. The number of hydrogen-bond acceptors (Lipinski definition) is 4. The number of aliphatic hydroxyl groups excluding tert-OH is 1. The zero-order valence-corrected chi connectivity index (χ0v) is 10.5. The Kier molecular flexibility index (Phi) is 4.90. The third-order valence-corrected chi connectivity index (χ3v) is 2.58. The van der Waals surface area contributed by atoms with Crippen LogP contribution in [-0.2, 0) is 4.79 Å². The molecule has 0 bridgehead atoms. The van der Waals surface area contributed by atoms with Crippen molar-refractivity contribution < 1.29 is 9.90 Å². The van der Waals surface area contributed by atoms with Crippen LogP contribution in [0.4, 0.5) is 5.82 Å². The molecule has 17 heavy (non-hydrogen) atoms. The average molecular weight is 237 g/mol. The summed E-state index contributed by atoms with van der Waals surface area (Å²) in [6.07, 6.45) is 1.52. The maximum atomic E-state index is 11.2. The number of hydrogen-bond donors (Lipinski definition) is 2. The summed E-state index contributed by atoms with van der Waals surface area (Å²) in [5.41, 5.74) is 0.770. The minimum absolute atomic E-state index is 0.00798. The number of aliphatic hydroxyl groups is 1. The van der Waals surface area contributed by atoms with Gasteiger partial charge in [-0.1, -0.05) is 6.07 Å². The molecule has 0 saturated heterocycles. The van der Waals surface area contributed by atoms with Gasteiger partial charge in [-0.15, -0.1) is 0 Å². The van der Waals surface area contributed by atoms with E-state index in [4.69, 9.17) is 0 Å². The second-order valence-electron chi connectivity index (χ2n) is 3.94. The monoisotopic (exact) mass is 237 g/mol. The molecule has 0 spiro atoms. The highest BCUT2D eigenvalue weighted by Crippen LogP contribution is 2.22. The number of carbonyl (C=O) groups excluding carboxylic acids is 1. The van der Waals surface area contributed by atoms with Gasteiger partial charge in [-0.2, -0.15) is 0 Å². The van der Waals surface area contributed by atoms with E-state index in [0.29, 0.717) is 18.8 Å². The van der Waals surface area contributed by atoms with Crippen molar-refractivity contribution in [2.45, 2.75) is 19.4 Å². The van der Waals surface area contributed by atoms with Gasteiger partial charge >= 0.3 is 0 Å². The van der Waals surface area contributed by atoms with Crippen LogP contribution in [0.3, 0.4) is 0 Å². The normalized spacial score (nSPS) is 12.0. The number of aromatic nitrogens is 1. The fraction of sp³-hybridized carbons (Fsp3) is 0.500. The Morgan fingerprint density at radius 3 is 2.94 bits per heavy atom. The molecule has 1 amide bonds. The maximum absolute atomic E-state index is 11.2. The summed E-state index contributed by atoms with van der Waals surface area (Å²) in [6, 6.07) is 3.63. The summed E-state index contributed by atoms with van der Waals surface area (Å²) in [6.45, 7) is 2.27. The molecule has 5 heteroatoms. The van der Waals surface area contributed by atoms with Crippen molar-refractivity contribution in [3.8, 4) is 0 Å². The fourth-order valence-corrected chi connectivity index (χ4v) is 1.55. The van der Waals surface area contributed by atoms with Gasteiger partial charge in [0, 0.05) is 38.8 Å². The van der Waals surface area contributed by atoms with Crippen molar-refractivity contribution in [2.24, 2.45) is 0 Å². The van der Waals surface area contributed by atoms with E-state index in [0.717, 1.165) is 5.56 Å². The Morgan fingerprint density at radius 1 is 1.65 bits per heavy atom. The largest absolute Gasteiger partial charge is 0.389 e. The molecule has 1 heterocycles. The SMILES string of the molecule is CNC(=O)CCN(C)c1ncccc1[C@H](C)O. The van der Waals surface area contributed by atoms with Gasteiger partial charge in [0.25, 0.3) is 0 Å². The smallest absolute Gasteiger partial charge is 0.221 e. The first kappa shape index (κ1) is 13.4. The van der Waals surface area contributed by atoms with Crippen molar-refractivity contribution in [1.29, 1.82) is 0 Å². The lowest BCUT2D eigenvalue weighted by atomic mass is 10.1. The molecule has 0 radical (unpaired) electrons. The van der Waals surface area contributed by atoms with Crippen LogP contribution in [-0.4, -0.2) is 36.6 Å². The maximum Gasteiger partial charge on any atom is 0.221 e. The molecule has 1 atom stereocenters. The van der Waals surface area contributed by atoms with Gasteiger partial charge in [0.15, 0.2) is 0 Å². The van der Waals surface area contributed by atoms with Gasteiger partial charge in [-0.3, -0.25) is 4.79 Å². The zero-order valence-electron chi connectivity index (χ0n) is 10.5. The van der Waals surface area contributed by atoms with Crippen LogP contribution in [0.25, 0.3) is 0 Å². The number of amides is 1. The molecule has 94 valence electrons.